The third kappa shape index (κ3) is 3.10. The standard InChI is InChI=1S/C15H14NO2/c1-18-15-8-6-13(7-9-15)10-12-2-4-14(5-3-12)11-16-17/h2,4-9,11,17H,10H2,1H3. The van der Waals surface area contributed by atoms with Gasteiger partial charge in [-0.25, -0.2) is 0 Å². The van der Waals surface area contributed by atoms with Crippen LogP contribution >= 0.6 is 0 Å². The molecule has 3 nitrogen and oxygen atoms in total. The van der Waals surface area contributed by atoms with Crippen molar-refractivity contribution in [3.05, 3.63) is 65.2 Å². The number of methoxy groups -OCH3 is 1. The summed E-state index contributed by atoms with van der Waals surface area (Å²) in [6.45, 7) is 0. The molecular formula is C15H14NO2. The van der Waals surface area contributed by atoms with E-state index < -0.39 is 0 Å². The monoisotopic (exact) mass is 240 g/mol. The van der Waals surface area contributed by atoms with Crippen molar-refractivity contribution in [3.8, 4) is 5.75 Å². The highest BCUT2D eigenvalue weighted by atomic mass is 16.5. The molecule has 0 bridgehead atoms. The van der Waals surface area contributed by atoms with Gasteiger partial charge in [0.15, 0.2) is 0 Å². The van der Waals surface area contributed by atoms with Crippen molar-refractivity contribution in [3.63, 3.8) is 0 Å². The smallest absolute Gasteiger partial charge is 0.118 e. The first-order chi connectivity index (χ1) is 8.81. The van der Waals surface area contributed by atoms with Gasteiger partial charge in [0.25, 0.3) is 0 Å². The quantitative estimate of drug-likeness (QED) is 0.507. The molecule has 1 radical (unpaired) electrons. The Hall–Kier alpha value is -2.29. The number of benzene rings is 2. The van der Waals surface area contributed by atoms with E-state index in [0.29, 0.717) is 0 Å². The lowest BCUT2D eigenvalue weighted by molar-refractivity contribution is 0.322. The fraction of sp³-hybridized carbons (Fsp3) is 0.133. The van der Waals surface area contributed by atoms with Crippen LogP contribution in [0.15, 0.2) is 47.6 Å². The van der Waals surface area contributed by atoms with E-state index in [-0.39, 0.29) is 0 Å². The first kappa shape index (κ1) is 12.2. The molecule has 0 aliphatic heterocycles. The van der Waals surface area contributed by atoms with Gasteiger partial charge in [0.2, 0.25) is 0 Å². The molecule has 3 heteroatoms. The van der Waals surface area contributed by atoms with Gasteiger partial charge in [-0.1, -0.05) is 29.4 Å². The first-order valence-corrected chi connectivity index (χ1v) is 5.63. The Morgan fingerprint density at radius 2 is 2.00 bits per heavy atom. The van der Waals surface area contributed by atoms with Gasteiger partial charge >= 0.3 is 0 Å². The molecule has 1 N–H and O–H groups in total. The summed E-state index contributed by atoms with van der Waals surface area (Å²) in [6, 6.07) is 16.8. The molecule has 18 heavy (non-hydrogen) atoms. The maximum atomic E-state index is 8.42. The number of rotatable bonds is 4. The Labute approximate surface area is 106 Å². The van der Waals surface area contributed by atoms with Gasteiger partial charge in [0.05, 0.1) is 13.3 Å². The zero-order valence-corrected chi connectivity index (χ0v) is 10.1. The van der Waals surface area contributed by atoms with Crippen LogP contribution in [-0.2, 0) is 6.42 Å². The highest BCUT2D eigenvalue weighted by Crippen LogP contribution is 2.14. The topological polar surface area (TPSA) is 41.8 Å². The number of hydrogen-bond donors (Lipinski definition) is 1. The molecule has 0 unspecified atom stereocenters. The minimum atomic E-state index is 0.820. The van der Waals surface area contributed by atoms with E-state index in [4.69, 9.17) is 9.94 Å². The lowest BCUT2D eigenvalue weighted by Gasteiger charge is -2.04. The summed E-state index contributed by atoms with van der Waals surface area (Å²) >= 11 is 0. The minimum absolute atomic E-state index is 0.820. The summed E-state index contributed by atoms with van der Waals surface area (Å²) in [6.07, 6.45) is 2.20. The average Bonchev–Trinajstić information content (AvgIpc) is 2.42. The van der Waals surface area contributed by atoms with Crippen LogP contribution in [0.4, 0.5) is 0 Å². The zero-order valence-electron chi connectivity index (χ0n) is 10.1. The van der Waals surface area contributed by atoms with Crippen molar-refractivity contribution >= 4 is 6.21 Å². The molecule has 0 fully saturated rings. The second kappa shape index (κ2) is 5.87. The molecule has 0 spiro atoms. The summed E-state index contributed by atoms with van der Waals surface area (Å²) in [7, 11) is 1.66. The predicted molar refractivity (Wildman–Crippen MR) is 70.5 cm³/mol. The Morgan fingerprint density at radius 1 is 1.22 bits per heavy atom. The molecule has 0 aromatic heterocycles. The molecule has 91 valence electrons. The molecule has 2 rings (SSSR count). The lowest BCUT2D eigenvalue weighted by Crippen LogP contribution is -1.90. The van der Waals surface area contributed by atoms with Gasteiger partial charge in [-0.2, -0.15) is 0 Å². The van der Waals surface area contributed by atoms with Crippen LogP contribution in [0.2, 0.25) is 0 Å². The number of hydrogen-bond acceptors (Lipinski definition) is 3. The summed E-state index contributed by atoms with van der Waals surface area (Å²) in [5.74, 6) is 0.859. The van der Waals surface area contributed by atoms with Crippen molar-refractivity contribution in [2.24, 2.45) is 5.16 Å². The molecule has 0 saturated carbocycles. The minimum Gasteiger partial charge on any atom is -0.497 e. The van der Waals surface area contributed by atoms with Crippen LogP contribution in [0.25, 0.3) is 0 Å². The van der Waals surface area contributed by atoms with E-state index in [2.05, 4.69) is 11.2 Å². The molecule has 2 aromatic rings. The van der Waals surface area contributed by atoms with Crippen LogP contribution in [-0.4, -0.2) is 18.5 Å². The Bertz CT molecular complexity index is 515. The predicted octanol–water partition coefficient (Wildman–Crippen LogP) is 2.89. The Kier molecular flexibility index (Phi) is 3.97. The SMILES string of the molecule is COc1ccc(Cc2[c]cc(C=NO)cc2)cc1. The van der Waals surface area contributed by atoms with Crippen LogP contribution < -0.4 is 4.74 Å². The Morgan fingerprint density at radius 3 is 2.56 bits per heavy atom. The first-order valence-electron chi connectivity index (χ1n) is 5.63. The highest BCUT2D eigenvalue weighted by molar-refractivity contribution is 5.78. The van der Waals surface area contributed by atoms with Crippen LogP contribution in [0.1, 0.15) is 16.7 Å². The van der Waals surface area contributed by atoms with Gasteiger partial charge in [0.1, 0.15) is 5.75 Å². The van der Waals surface area contributed by atoms with Crippen molar-refractivity contribution in [1.29, 1.82) is 0 Å². The largest absolute Gasteiger partial charge is 0.497 e. The molecule has 0 saturated heterocycles. The molecular weight excluding hydrogens is 226 g/mol. The van der Waals surface area contributed by atoms with Gasteiger partial charge in [0, 0.05) is 0 Å². The molecule has 0 aliphatic rings. The fourth-order valence-corrected chi connectivity index (χ4v) is 1.69. The summed E-state index contributed by atoms with van der Waals surface area (Å²) in [5, 5.41) is 11.4. The molecule has 0 heterocycles. The number of ether oxygens (including phenoxy) is 1. The Balaban J connectivity index is 2.08. The van der Waals surface area contributed by atoms with Crippen LogP contribution in [0.3, 0.4) is 0 Å². The zero-order chi connectivity index (χ0) is 12.8. The summed E-state index contributed by atoms with van der Waals surface area (Å²) in [5.41, 5.74) is 3.13. The lowest BCUT2D eigenvalue weighted by atomic mass is 10.0. The number of nitrogens with zero attached hydrogens (tertiary/aromatic N) is 1. The van der Waals surface area contributed by atoms with E-state index in [9.17, 15) is 0 Å². The maximum absolute atomic E-state index is 8.42. The molecule has 2 aromatic carbocycles. The summed E-state index contributed by atoms with van der Waals surface area (Å²) < 4.78 is 5.12. The van der Waals surface area contributed by atoms with Crippen molar-refractivity contribution in [2.45, 2.75) is 6.42 Å². The van der Waals surface area contributed by atoms with E-state index in [1.165, 1.54) is 11.8 Å². The second-order valence-electron chi connectivity index (χ2n) is 3.92. The molecule has 0 atom stereocenters. The maximum Gasteiger partial charge on any atom is 0.118 e. The third-order valence-electron chi connectivity index (χ3n) is 2.66. The van der Waals surface area contributed by atoms with Crippen molar-refractivity contribution in [2.75, 3.05) is 7.11 Å². The van der Waals surface area contributed by atoms with Gasteiger partial charge in [-0.05, 0) is 47.4 Å². The second-order valence-corrected chi connectivity index (χ2v) is 3.92. The van der Waals surface area contributed by atoms with Gasteiger partial charge < -0.3 is 9.94 Å². The van der Waals surface area contributed by atoms with Gasteiger partial charge in [-0.3, -0.25) is 0 Å². The van der Waals surface area contributed by atoms with Crippen molar-refractivity contribution in [1.82, 2.24) is 0 Å². The van der Waals surface area contributed by atoms with Gasteiger partial charge in [-0.15, -0.1) is 0 Å². The van der Waals surface area contributed by atoms with Crippen molar-refractivity contribution < 1.29 is 9.94 Å². The highest BCUT2D eigenvalue weighted by Gasteiger charge is 1.98. The van der Waals surface area contributed by atoms with Crippen LogP contribution in [0.5, 0.6) is 5.75 Å². The third-order valence-corrected chi connectivity index (χ3v) is 2.66. The average molecular weight is 240 g/mol. The fourth-order valence-electron chi connectivity index (χ4n) is 1.69. The molecule has 0 amide bonds. The van der Waals surface area contributed by atoms with E-state index >= 15 is 0 Å². The number of oxime groups is 1. The normalized spacial score (nSPS) is 10.7. The van der Waals surface area contributed by atoms with E-state index in [0.717, 1.165) is 23.3 Å². The van der Waals surface area contributed by atoms with E-state index in [1.54, 1.807) is 13.2 Å². The molecule has 0 aliphatic carbocycles. The summed E-state index contributed by atoms with van der Waals surface area (Å²) in [4.78, 5) is 0. The van der Waals surface area contributed by atoms with Crippen LogP contribution in [0, 0.1) is 6.07 Å². The van der Waals surface area contributed by atoms with E-state index in [1.807, 2.05) is 36.4 Å².